The molecule has 0 spiro atoms. The van der Waals surface area contributed by atoms with Crippen molar-refractivity contribution in [2.45, 2.75) is 141 Å². The van der Waals surface area contributed by atoms with Gasteiger partial charge in [0.1, 0.15) is 13.1 Å². The summed E-state index contributed by atoms with van der Waals surface area (Å²) in [5.74, 6) is -0.527. The fourth-order valence-corrected chi connectivity index (χ4v) is 17.7. The van der Waals surface area contributed by atoms with Gasteiger partial charge in [0.2, 0.25) is 11.4 Å². The SMILES string of the molecule is CC1(C)C(/C=C/C2=C(Cl)C(=C\C=C3/N(CCOCCN4/C(=C/C=C5/CCCC(/C=C/C6=[N+](CCCCS(=O)(=O)O)c7ccc8ccccc8c7C6(C)C)=C5Cl)C(C)(C)c5ccccc54)c4ccccc4C3(C)C)/CCC2)=[N+](CCCCS(=O)(=O)O)c2ccc3ccccc3c21. The van der Waals surface area contributed by atoms with E-state index in [2.05, 4.69) is 244 Å². The summed E-state index contributed by atoms with van der Waals surface area (Å²) in [5.41, 5.74) is 17.4. The van der Waals surface area contributed by atoms with Gasteiger partial charge < -0.3 is 14.5 Å². The molecule has 6 aromatic carbocycles. The number of unbranched alkanes of at least 4 members (excludes halogenated alkanes) is 2. The van der Waals surface area contributed by atoms with E-state index in [4.69, 9.17) is 27.9 Å². The second kappa shape index (κ2) is 27.2. The maximum atomic E-state index is 11.7. The number of para-hydroxylation sites is 2. The van der Waals surface area contributed by atoms with Crippen LogP contribution in [0.4, 0.5) is 22.7 Å². The van der Waals surface area contributed by atoms with Gasteiger partial charge in [0.15, 0.2) is 11.4 Å². The van der Waals surface area contributed by atoms with Gasteiger partial charge in [-0.1, -0.05) is 160 Å². The molecule has 4 aliphatic heterocycles. The highest BCUT2D eigenvalue weighted by Crippen LogP contribution is 2.51. The van der Waals surface area contributed by atoms with Crippen LogP contribution in [0.3, 0.4) is 0 Å². The van der Waals surface area contributed by atoms with Crippen LogP contribution >= 0.6 is 23.2 Å². The Morgan fingerprint density at radius 3 is 1.27 bits per heavy atom. The van der Waals surface area contributed by atoms with E-state index in [-0.39, 0.29) is 33.2 Å². The lowest BCUT2D eigenvalue weighted by molar-refractivity contribution is -0.438. The zero-order valence-corrected chi connectivity index (χ0v) is 59.3. The monoisotopic (exact) mass is 1350 g/mol. The molecule has 12 rings (SSSR count). The van der Waals surface area contributed by atoms with Crippen LogP contribution in [0.5, 0.6) is 0 Å². The zero-order valence-electron chi connectivity index (χ0n) is 56.2. The smallest absolute Gasteiger partial charge is 0.264 e. The molecular formula is C80H90Cl2N4O7S2+2. The molecule has 6 aromatic rings. The van der Waals surface area contributed by atoms with Crippen LogP contribution < -0.4 is 9.80 Å². The molecule has 0 aromatic heterocycles. The summed E-state index contributed by atoms with van der Waals surface area (Å²) in [6.45, 7) is 21.9. The third kappa shape index (κ3) is 13.6. The number of halogens is 2. The normalized spacial score (nSPS) is 20.8. The first-order chi connectivity index (χ1) is 45.3. The van der Waals surface area contributed by atoms with Gasteiger partial charge in [-0.05, 0) is 170 Å². The van der Waals surface area contributed by atoms with Gasteiger partial charge in [-0.3, -0.25) is 9.11 Å². The van der Waals surface area contributed by atoms with E-state index in [0.29, 0.717) is 65.1 Å². The van der Waals surface area contributed by atoms with Gasteiger partial charge in [0.25, 0.3) is 20.2 Å². The van der Waals surface area contributed by atoms with Gasteiger partial charge in [-0.25, -0.2) is 0 Å². The van der Waals surface area contributed by atoms with Crippen molar-refractivity contribution >= 4 is 99.2 Å². The average Bonchev–Trinajstić information content (AvgIpc) is 1.60. The van der Waals surface area contributed by atoms with Crippen molar-refractivity contribution in [1.29, 1.82) is 0 Å². The summed E-state index contributed by atoms with van der Waals surface area (Å²) in [7, 11) is -8.11. The van der Waals surface area contributed by atoms with Gasteiger partial charge in [-0.15, -0.1) is 0 Å². The highest BCUT2D eigenvalue weighted by molar-refractivity contribution is 7.86. The zero-order chi connectivity index (χ0) is 67.2. The molecule has 0 unspecified atom stereocenters. The molecule has 0 fully saturated rings. The van der Waals surface area contributed by atoms with E-state index in [1.54, 1.807) is 0 Å². The minimum atomic E-state index is -4.06. The Morgan fingerprint density at radius 2 is 0.863 bits per heavy atom. The minimum Gasteiger partial charge on any atom is -0.378 e. The van der Waals surface area contributed by atoms with Gasteiger partial charge in [0, 0.05) is 105 Å². The average molecular weight is 1350 g/mol. The molecule has 0 saturated carbocycles. The Bertz CT molecular complexity index is 4340. The summed E-state index contributed by atoms with van der Waals surface area (Å²) >= 11 is 15.0. The number of anilines is 2. The number of allylic oxidation sites excluding steroid dienone is 16. The second-order valence-corrected chi connectivity index (χ2v) is 32.3. The van der Waals surface area contributed by atoms with E-state index in [1.165, 1.54) is 66.6 Å². The van der Waals surface area contributed by atoms with Crippen LogP contribution in [-0.4, -0.2) is 97.4 Å². The Kier molecular flexibility index (Phi) is 19.5. The topological polar surface area (TPSA) is 130 Å². The third-order valence-electron chi connectivity index (χ3n) is 20.8. The maximum Gasteiger partial charge on any atom is 0.264 e. The predicted molar refractivity (Wildman–Crippen MR) is 393 cm³/mol. The standard InChI is InChI=1S/C80H88Cl2N4O7S2/c1-77(2)63-31-13-15-33-65(63)85(69(77)43-37-57-25-21-27-59(75(57)81)39-45-71-79(5,6)73-61-29-11-9-23-55(61)35-41-67(73)83(71)47-17-19-53-94(87,88)89)49-51-93-52-50-86-66-34-16-14-32-64(66)78(3,4)70(86)44-38-58-26-22-28-60(76(58)82)40-46-72-80(7,8)74-62-30-12-10-24-56(62)36-42-68(74)84(72)48-18-20-54-95(90,91)92/h9-16,23-24,29-46H,17-22,25-28,47-54H2,1-8H3/p+2. The number of fused-ring (bicyclic) bond motifs is 8. The van der Waals surface area contributed by atoms with Crippen LogP contribution in [-0.2, 0) is 46.6 Å². The molecule has 0 amide bonds. The van der Waals surface area contributed by atoms with E-state index >= 15 is 0 Å². The van der Waals surface area contributed by atoms with Crippen LogP contribution in [0.2, 0.25) is 0 Å². The van der Waals surface area contributed by atoms with Crippen LogP contribution in [0.1, 0.15) is 142 Å². The summed E-state index contributed by atoms with van der Waals surface area (Å²) in [4.78, 5) is 4.85. The summed E-state index contributed by atoms with van der Waals surface area (Å²) in [6.07, 6.45) is 25.2. The van der Waals surface area contributed by atoms with Crippen LogP contribution in [0.25, 0.3) is 21.5 Å². The van der Waals surface area contributed by atoms with Crippen molar-refractivity contribution < 1.29 is 39.8 Å². The van der Waals surface area contributed by atoms with Gasteiger partial charge in [-0.2, -0.15) is 26.0 Å². The van der Waals surface area contributed by atoms with Crippen LogP contribution in [0.15, 0.2) is 214 Å². The molecule has 4 heterocycles. The molecule has 15 heteroatoms. The van der Waals surface area contributed by atoms with E-state index < -0.39 is 20.2 Å². The molecule has 0 atom stereocenters. The van der Waals surface area contributed by atoms with Crippen molar-refractivity contribution in [3.63, 3.8) is 0 Å². The summed E-state index contributed by atoms with van der Waals surface area (Å²) < 4.78 is 77.2. The van der Waals surface area contributed by atoms with Crippen molar-refractivity contribution in [3.8, 4) is 0 Å². The number of benzene rings is 6. The Labute approximate surface area is 573 Å². The quantitative estimate of drug-likeness (QED) is 0.0388. The van der Waals surface area contributed by atoms with Crippen molar-refractivity contribution in [1.82, 2.24) is 0 Å². The predicted octanol–water partition coefficient (Wildman–Crippen LogP) is 18.5. The lowest BCUT2D eigenvalue weighted by Gasteiger charge is -2.28. The van der Waals surface area contributed by atoms with Crippen molar-refractivity contribution in [2.24, 2.45) is 0 Å². The fourth-order valence-electron chi connectivity index (χ4n) is 16.0. The molecule has 11 nitrogen and oxygen atoms in total. The summed E-state index contributed by atoms with van der Waals surface area (Å²) in [6, 6.07) is 43.1. The molecule has 6 aliphatic rings. The molecule has 0 radical (unpaired) electrons. The molecule has 2 N–H and O–H groups in total. The largest absolute Gasteiger partial charge is 0.378 e. The lowest BCUT2D eigenvalue weighted by Crippen LogP contribution is -2.31. The molecular weight excluding hydrogens is 1260 g/mol. The van der Waals surface area contributed by atoms with E-state index in [0.717, 1.165) is 93.7 Å². The fraction of sp³-hybridized carbons (Fsp3) is 0.375. The number of rotatable bonds is 22. The molecule has 496 valence electrons. The Balaban J connectivity index is 0.763. The van der Waals surface area contributed by atoms with Gasteiger partial charge >= 0.3 is 0 Å². The first kappa shape index (κ1) is 68.0. The second-order valence-electron chi connectivity index (χ2n) is 28.4. The Hall–Kier alpha value is -6.94. The van der Waals surface area contributed by atoms with E-state index in [1.807, 2.05) is 0 Å². The molecule has 95 heavy (non-hydrogen) atoms. The molecule has 0 bridgehead atoms. The third-order valence-corrected chi connectivity index (χ3v) is 23.4. The van der Waals surface area contributed by atoms with E-state index in [9.17, 15) is 25.9 Å². The highest BCUT2D eigenvalue weighted by atomic mass is 35.5. The van der Waals surface area contributed by atoms with Crippen LogP contribution in [0, 0.1) is 0 Å². The van der Waals surface area contributed by atoms with Gasteiger partial charge in [0.05, 0.1) is 35.5 Å². The van der Waals surface area contributed by atoms with Crippen molar-refractivity contribution in [2.75, 3.05) is 60.7 Å². The maximum absolute atomic E-state index is 11.7. The number of ether oxygens (including phenoxy) is 1. The molecule has 2 aliphatic carbocycles. The highest BCUT2D eigenvalue weighted by Gasteiger charge is 2.48. The first-order valence-corrected chi connectivity index (χ1v) is 37.8. The number of nitrogens with zero attached hydrogens (tertiary/aromatic N) is 4. The minimum absolute atomic E-state index is 0.263. The van der Waals surface area contributed by atoms with Crippen molar-refractivity contribution in [3.05, 3.63) is 236 Å². The number of hydrogen-bond donors (Lipinski definition) is 2. The number of hydrogen-bond acceptors (Lipinski definition) is 7. The lowest BCUT2D eigenvalue weighted by atomic mass is 9.78. The molecule has 0 saturated heterocycles. The Morgan fingerprint density at radius 1 is 0.474 bits per heavy atom. The first-order valence-electron chi connectivity index (χ1n) is 33.8. The summed E-state index contributed by atoms with van der Waals surface area (Å²) in [5, 5.41) is 6.32.